The number of anilines is 1. The van der Waals surface area contributed by atoms with Gasteiger partial charge >= 0.3 is 0 Å². The van der Waals surface area contributed by atoms with Crippen molar-refractivity contribution in [1.29, 1.82) is 0 Å². The predicted octanol–water partition coefficient (Wildman–Crippen LogP) is 2.09. The number of aryl methyl sites for hydroxylation is 2. The molecule has 0 unspecified atom stereocenters. The molecular formula is C24H29N5O4. The third-order valence-electron chi connectivity index (χ3n) is 6.24. The second-order valence-electron chi connectivity index (χ2n) is 8.55. The van der Waals surface area contributed by atoms with Crippen molar-refractivity contribution in [2.45, 2.75) is 31.9 Å². The summed E-state index contributed by atoms with van der Waals surface area (Å²) in [6.45, 7) is 3.17. The molecule has 9 heteroatoms. The molecule has 2 amide bonds. The lowest BCUT2D eigenvalue weighted by atomic mass is 10.1. The number of ether oxygens (including phenoxy) is 2. The van der Waals surface area contributed by atoms with E-state index in [-0.39, 0.29) is 17.9 Å². The topological polar surface area (TPSA) is 90.6 Å². The first kappa shape index (κ1) is 21.7. The lowest BCUT2D eigenvalue weighted by molar-refractivity contribution is -0.124. The van der Waals surface area contributed by atoms with Crippen LogP contribution in [-0.2, 0) is 32.7 Å². The predicted molar refractivity (Wildman–Crippen MR) is 124 cm³/mol. The van der Waals surface area contributed by atoms with E-state index in [1.165, 1.54) is 0 Å². The van der Waals surface area contributed by atoms with Crippen molar-refractivity contribution < 1.29 is 19.1 Å². The molecule has 2 aromatic heterocycles. The van der Waals surface area contributed by atoms with Crippen LogP contribution in [0.2, 0.25) is 0 Å². The summed E-state index contributed by atoms with van der Waals surface area (Å²) < 4.78 is 14.9. The Kier molecular flexibility index (Phi) is 6.15. The van der Waals surface area contributed by atoms with Crippen LogP contribution in [-0.4, -0.2) is 65.2 Å². The first-order valence-corrected chi connectivity index (χ1v) is 11.5. The average Bonchev–Trinajstić information content (AvgIpc) is 3.41. The Labute approximate surface area is 192 Å². The Morgan fingerprint density at radius 3 is 3.00 bits per heavy atom. The number of amides is 2. The molecule has 0 aliphatic carbocycles. The van der Waals surface area contributed by atoms with Crippen LogP contribution in [0.5, 0.6) is 0 Å². The Hall–Kier alpha value is -3.17. The van der Waals surface area contributed by atoms with E-state index >= 15 is 0 Å². The van der Waals surface area contributed by atoms with E-state index in [1.54, 1.807) is 4.90 Å². The van der Waals surface area contributed by atoms with Crippen molar-refractivity contribution in [3.8, 4) is 11.3 Å². The van der Waals surface area contributed by atoms with E-state index in [1.807, 2.05) is 29.9 Å². The summed E-state index contributed by atoms with van der Waals surface area (Å²) in [5.74, 6) is 0.820. The summed E-state index contributed by atoms with van der Waals surface area (Å²) in [5, 5.41) is 8.83. The maximum absolute atomic E-state index is 12.7. The minimum atomic E-state index is -0.0896. The van der Waals surface area contributed by atoms with E-state index in [9.17, 15) is 9.59 Å². The van der Waals surface area contributed by atoms with Crippen molar-refractivity contribution >= 4 is 28.5 Å². The fourth-order valence-corrected chi connectivity index (χ4v) is 4.54. The standard InChI is InChI=1S/C24H29N5O4/c1-27-15-19(18-5-2-3-6-21(18)27)20-13-23-28(24(31)8-10-29(23)26-20)9-4-7-22(30)25-14-17-16-32-11-12-33-17/h2-3,5-6,13,15,17H,4,7-12,14,16H2,1H3,(H,25,30)/t17-/m0/s1. The summed E-state index contributed by atoms with van der Waals surface area (Å²) >= 11 is 0. The molecule has 2 aliphatic heterocycles. The van der Waals surface area contributed by atoms with Crippen LogP contribution >= 0.6 is 0 Å². The van der Waals surface area contributed by atoms with Crippen molar-refractivity contribution in [3.05, 3.63) is 36.5 Å². The maximum atomic E-state index is 12.7. The van der Waals surface area contributed by atoms with Gasteiger partial charge in [-0.3, -0.25) is 14.5 Å². The van der Waals surface area contributed by atoms with E-state index in [2.05, 4.69) is 28.2 Å². The zero-order valence-corrected chi connectivity index (χ0v) is 18.8. The largest absolute Gasteiger partial charge is 0.376 e. The van der Waals surface area contributed by atoms with Crippen LogP contribution in [0.4, 0.5) is 5.82 Å². The van der Waals surface area contributed by atoms with Crippen LogP contribution in [0, 0.1) is 0 Å². The average molecular weight is 452 g/mol. The summed E-state index contributed by atoms with van der Waals surface area (Å²) in [4.78, 5) is 26.7. The molecule has 1 N–H and O–H groups in total. The molecule has 0 spiro atoms. The van der Waals surface area contributed by atoms with Crippen LogP contribution < -0.4 is 10.2 Å². The Morgan fingerprint density at radius 1 is 1.27 bits per heavy atom. The molecule has 3 aromatic rings. The number of carbonyl (C=O) groups is 2. The van der Waals surface area contributed by atoms with Crippen molar-refractivity contribution in [2.75, 3.05) is 37.8 Å². The first-order valence-electron chi connectivity index (χ1n) is 11.5. The third-order valence-corrected chi connectivity index (χ3v) is 6.24. The van der Waals surface area contributed by atoms with Gasteiger partial charge in [-0.25, -0.2) is 4.68 Å². The second-order valence-corrected chi connectivity index (χ2v) is 8.55. The fourth-order valence-electron chi connectivity index (χ4n) is 4.54. The highest BCUT2D eigenvalue weighted by atomic mass is 16.6. The lowest BCUT2D eigenvalue weighted by Gasteiger charge is -2.27. The highest BCUT2D eigenvalue weighted by Crippen LogP contribution is 2.33. The molecule has 0 radical (unpaired) electrons. The number of aromatic nitrogens is 3. The molecule has 0 saturated carbocycles. The Balaban J connectivity index is 1.24. The lowest BCUT2D eigenvalue weighted by Crippen LogP contribution is -2.40. The monoisotopic (exact) mass is 451 g/mol. The van der Waals surface area contributed by atoms with Crippen molar-refractivity contribution in [3.63, 3.8) is 0 Å². The van der Waals surface area contributed by atoms with Gasteiger partial charge in [-0.15, -0.1) is 0 Å². The van der Waals surface area contributed by atoms with Gasteiger partial charge in [0.2, 0.25) is 11.8 Å². The van der Waals surface area contributed by atoms with E-state index in [4.69, 9.17) is 14.6 Å². The van der Waals surface area contributed by atoms with Gasteiger partial charge in [-0.1, -0.05) is 18.2 Å². The van der Waals surface area contributed by atoms with Gasteiger partial charge in [0.05, 0.1) is 38.2 Å². The number of nitrogens with zero attached hydrogens (tertiary/aromatic N) is 4. The summed E-state index contributed by atoms with van der Waals surface area (Å²) in [5.41, 5.74) is 3.05. The molecule has 5 rings (SSSR count). The van der Waals surface area contributed by atoms with Gasteiger partial charge in [0.1, 0.15) is 5.82 Å². The number of hydrogen-bond acceptors (Lipinski definition) is 5. The molecule has 1 saturated heterocycles. The molecule has 1 atom stereocenters. The second kappa shape index (κ2) is 9.36. The zero-order chi connectivity index (χ0) is 22.8. The summed E-state index contributed by atoms with van der Waals surface area (Å²) in [6, 6.07) is 10.2. The number of rotatable bonds is 7. The zero-order valence-electron chi connectivity index (χ0n) is 18.8. The highest BCUT2D eigenvalue weighted by molar-refractivity contribution is 5.98. The Morgan fingerprint density at radius 2 is 2.15 bits per heavy atom. The summed E-state index contributed by atoms with van der Waals surface area (Å²) in [7, 11) is 2.02. The first-order chi connectivity index (χ1) is 16.1. The molecule has 1 aromatic carbocycles. The summed E-state index contributed by atoms with van der Waals surface area (Å²) in [6.07, 6.45) is 3.33. The van der Waals surface area contributed by atoms with Gasteiger partial charge in [0.25, 0.3) is 0 Å². The minimum absolute atomic E-state index is 0.0430. The van der Waals surface area contributed by atoms with Gasteiger partial charge in [-0.2, -0.15) is 5.10 Å². The minimum Gasteiger partial charge on any atom is -0.376 e. The number of nitrogens with one attached hydrogen (secondary N) is 1. The third kappa shape index (κ3) is 4.51. The molecule has 0 bridgehead atoms. The molecule has 33 heavy (non-hydrogen) atoms. The number of hydrogen-bond donors (Lipinski definition) is 1. The molecule has 2 aliphatic rings. The SMILES string of the molecule is Cn1cc(-c2cc3n(n2)CCC(=O)N3CCCC(=O)NC[C@H]2COCCO2)c2ccccc21. The van der Waals surface area contributed by atoms with Gasteiger partial charge in [0, 0.05) is 61.7 Å². The fraction of sp³-hybridized carbons (Fsp3) is 0.458. The number of fused-ring (bicyclic) bond motifs is 2. The number of benzene rings is 1. The normalized spacial score (nSPS) is 18.5. The van der Waals surface area contributed by atoms with E-state index in [0.29, 0.717) is 58.7 Å². The molecular weight excluding hydrogens is 422 g/mol. The number of para-hydroxylation sites is 1. The van der Waals surface area contributed by atoms with E-state index < -0.39 is 0 Å². The van der Waals surface area contributed by atoms with Crippen LogP contribution in [0.25, 0.3) is 22.2 Å². The van der Waals surface area contributed by atoms with Crippen molar-refractivity contribution in [2.24, 2.45) is 7.05 Å². The molecule has 1 fully saturated rings. The van der Waals surface area contributed by atoms with Crippen LogP contribution in [0.3, 0.4) is 0 Å². The van der Waals surface area contributed by atoms with Gasteiger partial charge < -0.3 is 19.4 Å². The van der Waals surface area contributed by atoms with Gasteiger partial charge in [0.15, 0.2) is 0 Å². The molecule has 174 valence electrons. The quantitative estimate of drug-likeness (QED) is 0.594. The Bertz CT molecular complexity index is 1160. The van der Waals surface area contributed by atoms with Crippen LogP contribution in [0.15, 0.2) is 36.5 Å². The smallest absolute Gasteiger partial charge is 0.229 e. The highest BCUT2D eigenvalue weighted by Gasteiger charge is 2.27. The van der Waals surface area contributed by atoms with E-state index in [0.717, 1.165) is 28.0 Å². The molecule has 9 nitrogen and oxygen atoms in total. The van der Waals surface area contributed by atoms with Crippen LogP contribution in [0.1, 0.15) is 19.3 Å². The maximum Gasteiger partial charge on any atom is 0.229 e. The van der Waals surface area contributed by atoms with Gasteiger partial charge in [-0.05, 0) is 12.5 Å². The number of carbonyl (C=O) groups excluding carboxylic acids is 2. The van der Waals surface area contributed by atoms with Crippen molar-refractivity contribution in [1.82, 2.24) is 19.7 Å². The molecule has 4 heterocycles.